The van der Waals surface area contributed by atoms with Crippen molar-refractivity contribution in [3.8, 4) is 0 Å². The van der Waals surface area contributed by atoms with Crippen molar-refractivity contribution in [1.82, 2.24) is 0 Å². The van der Waals surface area contributed by atoms with Gasteiger partial charge in [-0.3, -0.25) is 4.79 Å². The number of benzene rings is 2. The van der Waals surface area contributed by atoms with Crippen LogP contribution in [0.4, 0.5) is 0 Å². The number of hydrogen-bond acceptors (Lipinski definition) is 1. The lowest BCUT2D eigenvalue weighted by Gasteiger charge is -2.22. The molecule has 2 rings (SSSR count). The minimum Gasteiger partial charge on any atom is -0.481 e. The predicted molar refractivity (Wildman–Crippen MR) is 115 cm³/mol. The van der Waals surface area contributed by atoms with Crippen LogP contribution in [-0.4, -0.2) is 11.1 Å². The number of aliphatic carboxylic acids is 1. The Labute approximate surface area is 168 Å². The van der Waals surface area contributed by atoms with E-state index in [4.69, 9.17) is 0 Å². The Hall–Kier alpha value is -1.36. The van der Waals surface area contributed by atoms with Crippen LogP contribution < -0.4 is 0 Å². The first kappa shape index (κ1) is 21.7. The van der Waals surface area contributed by atoms with E-state index < -0.39 is 11.9 Å². The molecule has 0 heterocycles. The van der Waals surface area contributed by atoms with Gasteiger partial charge in [0.2, 0.25) is 0 Å². The molecular formula is C22H29IO2. The molecule has 0 fully saturated rings. The van der Waals surface area contributed by atoms with Crippen LogP contribution in [-0.2, 0) is 15.6 Å². The molecule has 0 spiro atoms. The van der Waals surface area contributed by atoms with Crippen molar-refractivity contribution in [2.75, 3.05) is 0 Å². The van der Waals surface area contributed by atoms with Gasteiger partial charge < -0.3 is 5.11 Å². The Balaban J connectivity index is 0.00000312. The molecule has 3 heteroatoms. The second-order valence-electron chi connectivity index (χ2n) is 8.52. The molecule has 25 heavy (non-hydrogen) atoms. The van der Waals surface area contributed by atoms with Crippen molar-refractivity contribution in [2.24, 2.45) is 0 Å². The van der Waals surface area contributed by atoms with E-state index in [9.17, 15) is 9.90 Å². The van der Waals surface area contributed by atoms with Gasteiger partial charge in [-0.2, -0.15) is 0 Å². The molecule has 0 aliphatic carbocycles. The molecule has 0 amide bonds. The Morgan fingerprint density at radius 1 is 0.720 bits per heavy atom. The van der Waals surface area contributed by atoms with E-state index in [1.165, 1.54) is 11.1 Å². The van der Waals surface area contributed by atoms with Gasteiger partial charge in [-0.05, 0) is 33.1 Å². The highest BCUT2D eigenvalue weighted by molar-refractivity contribution is 14.0. The number of hydrogen-bond donors (Lipinski definition) is 1. The molecule has 0 saturated carbocycles. The summed E-state index contributed by atoms with van der Waals surface area (Å²) in [5, 5.41) is 9.74. The van der Waals surface area contributed by atoms with E-state index in [0.29, 0.717) is 0 Å². The van der Waals surface area contributed by atoms with Crippen LogP contribution in [0.15, 0.2) is 48.5 Å². The molecule has 136 valence electrons. The zero-order chi connectivity index (χ0) is 18.1. The first-order chi connectivity index (χ1) is 11.0. The molecule has 1 N–H and O–H groups in total. The number of carboxylic acid groups (broad SMARTS) is 1. The fourth-order valence-electron chi connectivity index (χ4n) is 2.83. The SMILES string of the molecule is CC(C)(C)c1ccc(C(C(=O)O)c2ccc(C(C)(C)C)cc2)cc1.I. The fourth-order valence-corrected chi connectivity index (χ4v) is 2.83. The van der Waals surface area contributed by atoms with Crippen LogP contribution in [0.2, 0.25) is 0 Å². The maximum absolute atomic E-state index is 11.9. The monoisotopic (exact) mass is 452 g/mol. The second-order valence-corrected chi connectivity index (χ2v) is 8.52. The van der Waals surface area contributed by atoms with Gasteiger partial charge in [0.25, 0.3) is 0 Å². The van der Waals surface area contributed by atoms with Gasteiger partial charge in [0, 0.05) is 0 Å². The second kappa shape index (κ2) is 7.90. The standard InChI is InChI=1S/C22H28O2.HI/c1-21(2,3)17-11-7-15(8-12-17)19(20(23)24)16-9-13-18(14-10-16)22(4,5)6;/h7-14,19H,1-6H3,(H,23,24);1H. The van der Waals surface area contributed by atoms with Gasteiger partial charge in [-0.1, -0.05) is 90.1 Å². The Morgan fingerprint density at radius 2 is 1.00 bits per heavy atom. The quantitative estimate of drug-likeness (QED) is 0.570. The molecule has 0 aromatic heterocycles. The van der Waals surface area contributed by atoms with Crippen LogP contribution in [0.5, 0.6) is 0 Å². The average Bonchev–Trinajstić information content (AvgIpc) is 2.46. The zero-order valence-corrected chi connectivity index (χ0v) is 18.3. The van der Waals surface area contributed by atoms with Crippen molar-refractivity contribution >= 4 is 29.9 Å². The summed E-state index contributed by atoms with van der Waals surface area (Å²) in [6, 6.07) is 15.9. The minimum atomic E-state index is -0.818. The molecule has 0 atom stereocenters. The number of halogens is 1. The van der Waals surface area contributed by atoms with Crippen LogP contribution in [0.1, 0.15) is 69.7 Å². The molecule has 2 nitrogen and oxygen atoms in total. The minimum absolute atomic E-state index is 0. The highest BCUT2D eigenvalue weighted by Gasteiger charge is 2.24. The molecule has 2 aromatic carbocycles. The summed E-state index contributed by atoms with van der Waals surface area (Å²) in [4.78, 5) is 11.9. The third-order valence-electron chi connectivity index (χ3n) is 4.47. The van der Waals surface area contributed by atoms with Gasteiger partial charge in [0.1, 0.15) is 5.92 Å². The summed E-state index contributed by atoms with van der Waals surface area (Å²) in [5.74, 6) is -1.45. The lowest BCUT2D eigenvalue weighted by atomic mass is 9.83. The van der Waals surface area contributed by atoms with E-state index in [-0.39, 0.29) is 34.8 Å². The van der Waals surface area contributed by atoms with Crippen LogP contribution in [0.3, 0.4) is 0 Å². The Bertz CT molecular complexity index is 644. The highest BCUT2D eigenvalue weighted by Crippen LogP contribution is 2.30. The molecule has 0 bridgehead atoms. The fraction of sp³-hybridized carbons (Fsp3) is 0.409. The van der Waals surface area contributed by atoms with Gasteiger partial charge >= 0.3 is 5.97 Å². The van der Waals surface area contributed by atoms with Crippen LogP contribution >= 0.6 is 24.0 Å². The van der Waals surface area contributed by atoms with Crippen molar-refractivity contribution in [2.45, 2.75) is 58.3 Å². The third-order valence-corrected chi connectivity index (χ3v) is 4.47. The van der Waals surface area contributed by atoms with Crippen molar-refractivity contribution in [3.05, 3.63) is 70.8 Å². The summed E-state index contributed by atoms with van der Waals surface area (Å²) in [5.41, 5.74) is 4.17. The van der Waals surface area contributed by atoms with Crippen molar-refractivity contribution < 1.29 is 9.90 Å². The predicted octanol–water partition coefficient (Wildman–Crippen LogP) is 6.12. The van der Waals surface area contributed by atoms with E-state index >= 15 is 0 Å². The molecule has 0 radical (unpaired) electrons. The molecule has 0 unspecified atom stereocenters. The largest absolute Gasteiger partial charge is 0.481 e. The summed E-state index contributed by atoms with van der Waals surface area (Å²) in [7, 11) is 0. The maximum atomic E-state index is 11.9. The van der Waals surface area contributed by atoms with E-state index in [1.807, 2.05) is 48.5 Å². The number of carbonyl (C=O) groups is 1. The molecule has 0 aliphatic heterocycles. The summed E-state index contributed by atoms with van der Waals surface area (Å²) >= 11 is 0. The average molecular weight is 452 g/mol. The van der Waals surface area contributed by atoms with Gasteiger partial charge in [-0.25, -0.2) is 0 Å². The van der Waals surface area contributed by atoms with E-state index in [2.05, 4.69) is 41.5 Å². The lowest BCUT2D eigenvalue weighted by molar-refractivity contribution is -0.137. The van der Waals surface area contributed by atoms with E-state index in [1.54, 1.807) is 0 Å². The van der Waals surface area contributed by atoms with Crippen LogP contribution in [0.25, 0.3) is 0 Å². The van der Waals surface area contributed by atoms with Gasteiger partial charge in [0.15, 0.2) is 0 Å². The number of rotatable bonds is 3. The summed E-state index contributed by atoms with van der Waals surface area (Å²) in [6.07, 6.45) is 0. The van der Waals surface area contributed by atoms with Crippen LogP contribution in [0, 0.1) is 0 Å². The zero-order valence-electron chi connectivity index (χ0n) is 16.0. The van der Waals surface area contributed by atoms with Crippen molar-refractivity contribution in [1.29, 1.82) is 0 Å². The van der Waals surface area contributed by atoms with Crippen molar-refractivity contribution in [3.63, 3.8) is 0 Å². The maximum Gasteiger partial charge on any atom is 0.315 e. The molecule has 2 aromatic rings. The normalized spacial score (nSPS) is 12.0. The van der Waals surface area contributed by atoms with E-state index in [0.717, 1.165) is 11.1 Å². The Morgan fingerprint density at radius 3 is 1.20 bits per heavy atom. The molecular weight excluding hydrogens is 423 g/mol. The first-order valence-electron chi connectivity index (χ1n) is 8.44. The number of carboxylic acids is 1. The first-order valence-corrected chi connectivity index (χ1v) is 8.44. The lowest BCUT2D eigenvalue weighted by Crippen LogP contribution is -2.16. The summed E-state index contributed by atoms with van der Waals surface area (Å²) < 4.78 is 0. The highest BCUT2D eigenvalue weighted by atomic mass is 127. The smallest absolute Gasteiger partial charge is 0.315 e. The Kier molecular flexibility index (Phi) is 6.85. The molecule has 0 saturated heterocycles. The molecule has 0 aliphatic rings. The third kappa shape index (κ3) is 5.30. The van der Waals surface area contributed by atoms with Gasteiger partial charge in [0.05, 0.1) is 0 Å². The summed E-state index contributed by atoms with van der Waals surface area (Å²) in [6.45, 7) is 12.9. The van der Waals surface area contributed by atoms with Gasteiger partial charge in [-0.15, -0.1) is 24.0 Å². The topological polar surface area (TPSA) is 37.3 Å².